The molecule has 0 N–H and O–H groups in total. The average Bonchev–Trinajstić information content (AvgIpc) is 3.33. The van der Waals surface area contributed by atoms with Crippen molar-refractivity contribution >= 4 is 103 Å². The molecular weight excluding hydrogens is 785 g/mol. The topological polar surface area (TPSA) is 43.4 Å². The largest absolute Gasteiger partial charge is 0.459 e. The van der Waals surface area contributed by atoms with Crippen LogP contribution in [-0.4, -0.2) is 20.1 Å². The van der Waals surface area contributed by atoms with Crippen LogP contribution < -0.4 is 77.9 Å². The summed E-state index contributed by atoms with van der Waals surface area (Å²) in [5.74, 6) is 6.75. The maximum Gasteiger partial charge on any atom is 0.260 e. The first kappa shape index (κ1) is 34.5. The minimum absolute atomic E-state index is 0.0799. The molecule has 0 fully saturated rings. The summed E-state index contributed by atoms with van der Waals surface area (Å²) in [6, 6.07) is 64.8. The number of fused-ring (bicyclic) bond motifs is 13. The van der Waals surface area contributed by atoms with Crippen LogP contribution in [0.25, 0.3) is 0 Å². The van der Waals surface area contributed by atoms with Crippen LogP contribution in [0.4, 0.5) is 34.1 Å². The molecule has 0 spiro atoms. The number of nitrogens with zero attached hydrogens (tertiary/aromatic N) is 2. The Balaban J connectivity index is 1.08. The van der Waals surface area contributed by atoms with Gasteiger partial charge in [0, 0.05) is 57.2 Å². The molecule has 0 amide bonds. The zero-order valence-corrected chi connectivity index (χ0v) is 34.6. The predicted molar refractivity (Wildman–Crippen MR) is 261 cm³/mol. The SMILES string of the molecule is Cc1cc2c3c(c1)N(c1ccccc1)c1cc4c5c(c1B3c1cc3c(cc1N2c1ccccc1)Oc1cccc2c1B3c1ccccc1O2)Oc1ccccc1B5c1ccccc1O4. The van der Waals surface area contributed by atoms with Crippen LogP contribution in [0.1, 0.15) is 5.56 Å². The second-order valence-corrected chi connectivity index (χ2v) is 17.5. The van der Waals surface area contributed by atoms with Crippen molar-refractivity contribution in [2.45, 2.75) is 6.92 Å². The van der Waals surface area contributed by atoms with Gasteiger partial charge >= 0.3 is 0 Å². The van der Waals surface area contributed by atoms with Gasteiger partial charge in [-0.2, -0.15) is 0 Å². The van der Waals surface area contributed by atoms with Gasteiger partial charge < -0.3 is 28.7 Å². The summed E-state index contributed by atoms with van der Waals surface area (Å²) in [6.45, 7) is 1.79. The Labute approximate surface area is 371 Å². The third kappa shape index (κ3) is 4.52. The lowest BCUT2D eigenvalue weighted by atomic mass is 9.29. The second-order valence-electron chi connectivity index (χ2n) is 17.5. The lowest BCUT2D eigenvalue weighted by molar-refractivity contribution is 0.464. The van der Waals surface area contributed by atoms with Gasteiger partial charge in [0.25, 0.3) is 20.1 Å². The Morgan fingerprint density at radius 2 is 0.781 bits per heavy atom. The second kappa shape index (κ2) is 12.5. The molecule has 0 radical (unpaired) electrons. The Kier molecular flexibility index (Phi) is 6.77. The molecule has 15 rings (SSSR count). The van der Waals surface area contributed by atoms with Crippen molar-refractivity contribution in [3.05, 3.63) is 188 Å². The quantitative estimate of drug-likeness (QED) is 0.168. The van der Waals surface area contributed by atoms with E-state index in [0.717, 1.165) is 124 Å². The lowest BCUT2D eigenvalue weighted by Gasteiger charge is -2.46. The minimum Gasteiger partial charge on any atom is -0.459 e. The van der Waals surface area contributed by atoms with Crippen LogP contribution in [0.2, 0.25) is 0 Å². The summed E-state index contributed by atoms with van der Waals surface area (Å²) < 4.78 is 28.0. The van der Waals surface area contributed by atoms with E-state index in [0.29, 0.717) is 0 Å². The van der Waals surface area contributed by atoms with Crippen molar-refractivity contribution in [3.63, 3.8) is 0 Å². The van der Waals surface area contributed by atoms with Gasteiger partial charge in [-0.1, -0.05) is 103 Å². The molecule has 0 atom stereocenters. The van der Waals surface area contributed by atoms with Crippen molar-refractivity contribution in [3.8, 4) is 46.0 Å². The van der Waals surface area contributed by atoms with Gasteiger partial charge in [0.2, 0.25) is 0 Å². The van der Waals surface area contributed by atoms with Crippen molar-refractivity contribution < 1.29 is 18.9 Å². The maximum absolute atomic E-state index is 7.39. The van der Waals surface area contributed by atoms with Crippen LogP contribution in [0.3, 0.4) is 0 Å². The van der Waals surface area contributed by atoms with E-state index in [9.17, 15) is 0 Å². The van der Waals surface area contributed by atoms with Gasteiger partial charge in [0.1, 0.15) is 46.0 Å². The summed E-state index contributed by atoms with van der Waals surface area (Å²) in [5.41, 5.74) is 17.8. The number of hydrogen-bond donors (Lipinski definition) is 0. The predicted octanol–water partition coefficient (Wildman–Crippen LogP) is 7.53. The molecule has 0 aromatic heterocycles. The van der Waals surface area contributed by atoms with Crippen molar-refractivity contribution in [2.75, 3.05) is 9.80 Å². The van der Waals surface area contributed by atoms with E-state index in [1.54, 1.807) is 0 Å². The monoisotopic (exact) mass is 818 g/mol. The molecule has 0 bridgehead atoms. The molecule has 64 heavy (non-hydrogen) atoms. The number of benzene rings is 9. The molecule has 0 saturated heterocycles. The van der Waals surface area contributed by atoms with Crippen molar-refractivity contribution in [1.82, 2.24) is 0 Å². The molecular formula is C55H33B3N2O4. The Morgan fingerprint density at radius 1 is 0.312 bits per heavy atom. The Bertz CT molecular complexity index is 3500. The average molecular weight is 818 g/mol. The van der Waals surface area contributed by atoms with E-state index < -0.39 is 0 Å². The molecule has 0 unspecified atom stereocenters. The highest BCUT2D eigenvalue weighted by atomic mass is 16.5. The van der Waals surface area contributed by atoms with Gasteiger partial charge in [-0.3, -0.25) is 0 Å². The standard InChI is InChI=1S/C55H33B3N2O4/c1-32-27-41-51-42(28-32)60(34-17-6-3-7-18-34)43-31-50-54-55(64-46-24-13-10-21-37(46)56(54)35-19-8-12-23-45(35)62-50)52(43)58(51)38-29-39-49(30-40(38)59(41)33-15-4-2-5-16-33)63-48-26-14-25-47-53(48)57(39)36-20-9-11-22-44(36)61-47/h2-31H,1H3. The van der Waals surface area contributed by atoms with Crippen LogP contribution in [0.15, 0.2) is 182 Å². The molecule has 0 saturated carbocycles. The molecule has 9 heteroatoms. The van der Waals surface area contributed by atoms with Crippen LogP contribution in [-0.2, 0) is 0 Å². The maximum atomic E-state index is 7.39. The highest BCUT2D eigenvalue weighted by molar-refractivity contribution is 7.04. The highest BCUT2D eigenvalue weighted by Crippen LogP contribution is 2.49. The number of anilines is 6. The lowest BCUT2D eigenvalue weighted by Crippen LogP contribution is -2.66. The van der Waals surface area contributed by atoms with Gasteiger partial charge in [-0.25, -0.2) is 0 Å². The van der Waals surface area contributed by atoms with Gasteiger partial charge in [-0.15, -0.1) is 0 Å². The first-order valence-electron chi connectivity index (χ1n) is 22.0. The molecule has 6 nitrogen and oxygen atoms in total. The fraction of sp³-hybridized carbons (Fsp3) is 0.0182. The van der Waals surface area contributed by atoms with Gasteiger partial charge in [0.15, 0.2) is 0 Å². The first-order valence-corrected chi connectivity index (χ1v) is 22.0. The summed E-state index contributed by atoms with van der Waals surface area (Å²) in [4.78, 5) is 4.88. The summed E-state index contributed by atoms with van der Waals surface area (Å²) in [5, 5.41) is 0. The third-order valence-corrected chi connectivity index (χ3v) is 14.1. The van der Waals surface area contributed by atoms with Crippen molar-refractivity contribution in [2.24, 2.45) is 0 Å². The molecule has 0 aliphatic carbocycles. The van der Waals surface area contributed by atoms with Crippen LogP contribution in [0.5, 0.6) is 46.0 Å². The van der Waals surface area contributed by atoms with Gasteiger partial charge in [0.05, 0.1) is 0 Å². The first-order chi connectivity index (χ1) is 31.7. The summed E-state index contributed by atoms with van der Waals surface area (Å²) in [7, 11) is 0. The minimum atomic E-state index is -0.240. The Morgan fingerprint density at radius 3 is 1.41 bits per heavy atom. The van der Waals surface area contributed by atoms with E-state index in [1.165, 1.54) is 10.9 Å². The highest BCUT2D eigenvalue weighted by Gasteiger charge is 2.51. The fourth-order valence-electron chi connectivity index (χ4n) is 11.6. The number of ether oxygens (including phenoxy) is 4. The van der Waals surface area contributed by atoms with E-state index in [1.807, 2.05) is 6.07 Å². The van der Waals surface area contributed by atoms with Crippen LogP contribution >= 0.6 is 0 Å². The zero-order chi connectivity index (χ0) is 41.8. The summed E-state index contributed by atoms with van der Waals surface area (Å²) >= 11 is 0. The number of rotatable bonds is 2. The van der Waals surface area contributed by atoms with E-state index in [4.69, 9.17) is 18.9 Å². The Hall–Kier alpha value is -8.03. The van der Waals surface area contributed by atoms with E-state index in [2.05, 4.69) is 193 Å². The number of hydrogen-bond acceptors (Lipinski definition) is 6. The number of aryl methyl sites for hydroxylation is 1. The third-order valence-electron chi connectivity index (χ3n) is 14.1. The molecule has 6 aliphatic heterocycles. The molecule has 296 valence electrons. The van der Waals surface area contributed by atoms with Crippen LogP contribution in [0, 0.1) is 6.92 Å². The normalized spacial score (nSPS) is 14.4. The number of para-hydroxylation sites is 5. The smallest absolute Gasteiger partial charge is 0.260 e. The molecule has 9 aromatic rings. The molecule has 6 aliphatic rings. The zero-order valence-electron chi connectivity index (χ0n) is 34.6. The van der Waals surface area contributed by atoms with Crippen molar-refractivity contribution in [1.29, 1.82) is 0 Å². The van der Waals surface area contributed by atoms with E-state index >= 15 is 0 Å². The fourth-order valence-corrected chi connectivity index (χ4v) is 11.6. The van der Waals surface area contributed by atoms with Gasteiger partial charge in [-0.05, 0) is 117 Å². The summed E-state index contributed by atoms with van der Waals surface area (Å²) in [6.07, 6.45) is 0. The molecule has 9 aromatic carbocycles. The molecule has 6 heterocycles. The van der Waals surface area contributed by atoms with E-state index in [-0.39, 0.29) is 20.1 Å².